The van der Waals surface area contributed by atoms with Crippen LogP contribution in [0.1, 0.15) is 31.4 Å². The largest absolute Gasteiger partial charge is 0.382 e. The van der Waals surface area contributed by atoms with E-state index in [-0.39, 0.29) is 0 Å². The molecule has 7 heteroatoms. The molecule has 37 heavy (non-hydrogen) atoms. The number of H-pyrrole nitrogens is 1. The summed E-state index contributed by atoms with van der Waals surface area (Å²) in [7, 11) is -3.34. The number of aromatic nitrogens is 1. The summed E-state index contributed by atoms with van der Waals surface area (Å²) < 4.78 is 37.3. The second-order valence-corrected chi connectivity index (χ2v) is 12.3. The van der Waals surface area contributed by atoms with Crippen LogP contribution in [0.2, 0.25) is 0 Å². The van der Waals surface area contributed by atoms with Gasteiger partial charge >= 0.3 is 0 Å². The average Bonchev–Trinajstić information content (AvgIpc) is 3.53. The number of nitrogens with one attached hydrogen (secondary N) is 1. The van der Waals surface area contributed by atoms with Crippen LogP contribution >= 0.6 is 0 Å². The zero-order valence-electron chi connectivity index (χ0n) is 21.5. The molecule has 1 aromatic heterocycles. The number of sulfone groups is 1. The summed E-state index contributed by atoms with van der Waals surface area (Å²) in [6.45, 7) is 6.69. The zero-order valence-corrected chi connectivity index (χ0v) is 22.3. The van der Waals surface area contributed by atoms with Crippen LogP contribution < -0.4 is 4.90 Å². The molecule has 0 saturated carbocycles. The molecule has 3 aromatic carbocycles. The number of hydrogen-bond donors (Lipinski definition) is 1. The standard InChI is InChI=1S/C30H32N2O4S/c1-4-35-17-15-29(2)25-20-22(37(3,33)34)10-12-28(25)32-16-18-36-30(29,32)14-13-21-9-11-27-24(19-21)23-7-5-6-8-26(23)31-27/h5-14,19-20,31H,4,15-18H2,1-3H3. The number of rotatable bonds is 7. The Labute approximate surface area is 217 Å². The molecule has 3 heterocycles. The van der Waals surface area contributed by atoms with E-state index in [1.165, 1.54) is 17.0 Å². The van der Waals surface area contributed by atoms with Crippen molar-refractivity contribution in [1.82, 2.24) is 4.98 Å². The molecular formula is C30H32N2O4S. The molecule has 0 amide bonds. The highest BCUT2D eigenvalue weighted by molar-refractivity contribution is 7.90. The van der Waals surface area contributed by atoms with Gasteiger partial charge in [0.1, 0.15) is 0 Å². The van der Waals surface area contributed by atoms with Crippen LogP contribution in [0.25, 0.3) is 27.9 Å². The Morgan fingerprint density at radius 2 is 1.89 bits per heavy atom. The third-order valence-corrected chi connectivity index (χ3v) is 9.20. The van der Waals surface area contributed by atoms with Gasteiger partial charge < -0.3 is 19.4 Å². The summed E-state index contributed by atoms with van der Waals surface area (Å²) >= 11 is 0. The lowest BCUT2D eigenvalue weighted by molar-refractivity contribution is -0.0202. The van der Waals surface area contributed by atoms with Gasteiger partial charge in [-0.25, -0.2) is 8.42 Å². The first-order valence-electron chi connectivity index (χ1n) is 12.8. The van der Waals surface area contributed by atoms with Crippen molar-refractivity contribution in [3.8, 4) is 0 Å². The molecule has 1 fully saturated rings. The van der Waals surface area contributed by atoms with E-state index in [2.05, 4.69) is 65.4 Å². The van der Waals surface area contributed by atoms with Crippen molar-refractivity contribution in [3.63, 3.8) is 0 Å². The van der Waals surface area contributed by atoms with Gasteiger partial charge in [0.05, 0.1) is 11.5 Å². The Kier molecular flexibility index (Phi) is 5.71. The third kappa shape index (κ3) is 3.71. The van der Waals surface area contributed by atoms with Crippen LogP contribution in [-0.2, 0) is 24.7 Å². The minimum Gasteiger partial charge on any atom is -0.382 e. The van der Waals surface area contributed by atoms with E-state index in [0.29, 0.717) is 31.1 Å². The van der Waals surface area contributed by atoms with E-state index in [9.17, 15) is 8.42 Å². The maximum absolute atomic E-state index is 12.4. The lowest BCUT2D eigenvalue weighted by Crippen LogP contribution is -2.53. The van der Waals surface area contributed by atoms with Gasteiger partial charge in [-0.15, -0.1) is 0 Å². The highest BCUT2D eigenvalue weighted by atomic mass is 32.2. The van der Waals surface area contributed by atoms with Crippen LogP contribution in [0.4, 0.5) is 5.69 Å². The zero-order chi connectivity index (χ0) is 25.8. The van der Waals surface area contributed by atoms with E-state index < -0.39 is 21.0 Å². The van der Waals surface area contributed by atoms with Crippen LogP contribution in [0, 0.1) is 0 Å². The van der Waals surface area contributed by atoms with E-state index in [1.807, 2.05) is 25.1 Å². The molecule has 2 atom stereocenters. The predicted molar refractivity (Wildman–Crippen MR) is 149 cm³/mol. The van der Waals surface area contributed by atoms with Gasteiger partial charge in [-0.2, -0.15) is 0 Å². The normalized spacial score (nSPS) is 23.4. The molecule has 0 bridgehead atoms. The number of para-hydroxylation sites is 1. The minimum atomic E-state index is -3.34. The highest BCUT2D eigenvalue weighted by Crippen LogP contribution is 2.57. The second-order valence-electron chi connectivity index (χ2n) is 10.2. The van der Waals surface area contributed by atoms with Crippen molar-refractivity contribution >= 4 is 43.4 Å². The Morgan fingerprint density at radius 1 is 1.08 bits per heavy atom. The van der Waals surface area contributed by atoms with Crippen molar-refractivity contribution in [3.05, 3.63) is 77.9 Å². The molecule has 2 unspecified atom stereocenters. The molecule has 4 aromatic rings. The molecule has 192 valence electrons. The first-order chi connectivity index (χ1) is 17.8. The third-order valence-electron chi connectivity index (χ3n) is 8.09. The summed E-state index contributed by atoms with van der Waals surface area (Å²) in [6, 6.07) is 20.3. The lowest BCUT2D eigenvalue weighted by Gasteiger charge is -2.42. The molecule has 1 N–H and O–H groups in total. The first kappa shape index (κ1) is 24.2. The molecular weight excluding hydrogens is 484 g/mol. The SMILES string of the molecule is CCOCCC1(C)c2cc(S(C)(=O)=O)ccc2N2CCOC21C=Cc1ccc2[nH]c3ccccc3c2c1. The number of anilines is 1. The average molecular weight is 517 g/mol. The lowest BCUT2D eigenvalue weighted by atomic mass is 9.73. The second kappa shape index (κ2) is 8.72. The number of nitrogens with zero attached hydrogens (tertiary/aromatic N) is 1. The van der Waals surface area contributed by atoms with Crippen LogP contribution in [0.15, 0.2) is 71.6 Å². The van der Waals surface area contributed by atoms with Crippen LogP contribution in [0.3, 0.4) is 0 Å². The molecule has 0 aliphatic carbocycles. The van der Waals surface area contributed by atoms with Crippen LogP contribution in [0.5, 0.6) is 0 Å². The molecule has 2 aliphatic rings. The van der Waals surface area contributed by atoms with E-state index in [1.54, 1.807) is 6.07 Å². The van der Waals surface area contributed by atoms with E-state index in [0.717, 1.165) is 34.4 Å². The number of hydrogen-bond acceptors (Lipinski definition) is 5. The van der Waals surface area contributed by atoms with Crippen molar-refractivity contribution in [1.29, 1.82) is 0 Å². The Morgan fingerprint density at radius 3 is 2.70 bits per heavy atom. The van der Waals surface area contributed by atoms with Crippen molar-refractivity contribution in [2.24, 2.45) is 0 Å². The van der Waals surface area contributed by atoms with Gasteiger partial charge in [0.15, 0.2) is 15.6 Å². The van der Waals surface area contributed by atoms with Gasteiger partial charge in [0.25, 0.3) is 0 Å². The summed E-state index contributed by atoms with van der Waals surface area (Å²) in [6.07, 6.45) is 6.27. The maximum Gasteiger partial charge on any atom is 0.175 e. The number of ether oxygens (including phenoxy) is 2. The van der Waals surface area contributed by atoms with E-state index >= 15 is 0 Å². The highest BCUT2D eigenvalue weighted by Gasteiger charge is 2.61. The molecule has 0 radical (unpaired) electrons. The Hall–Kier alpha value is -3.13. The number of fused-ring (bicyclic) bond motifs is 6. The monoisotopic (exact) mass is 516 g/mol. The fraction of sp³-hybridized carbons (Fsp3) is 0.333. The molecule has 2 aliphatic heterocycles. The Bertz CT molecular complexity index is 1640. The first-order valence-corrected chi connectivity index (χ1v) is 14.7. The molecule has 6 nitrogen and oxygen atoms in total. The number of aromatic amines is 1. The maximum atomic E-state index is 12.4. The van der Waals surface area contributed by atoms with Crippen molar-refractivity contribution in [2.75, 3.05) is 37.5 Å². The summed E-state index contributed by atoms with van der Waals surface area (Å²) in [5.74, 6) is 0. The Balaban J connectivity index is 1.47. The van der Waals surface area contributed by atoms with Gasteiger partial charge in [-0.1, -0.05) is 37.3 Å². The fourth-order valence-electron chi connectivity index (χ4n) is 6.14. The van der Waals surface area contributed by atoms with Crippen molar-refractivity contribution < 1.29 is 17.9 Å². The summed E-state index contributed by atoms with van der Waals surface area (Å²) in [5.41, 5.74) is 4.10. The van der Waals surface area contributed by atoms with E-state index in [4.69, 9.17) is 9.47 Å². The number of benzene rings is 3. The summed E-state index contributed by atoms with van der Waals surface area (Å²) in [5, 5.41) is 2.39. The molecule has 1 saturated heterocycles. The minimum absolute atomic E-state index is 0.332. The van der Waals surface area contributed by atoms with Gasteiger partial charge in [-0.05, 0) is 66.9 Å². The quantitative estimate of drug-likeness (QED) is 0.321. The van der Waals surface area contributed by atoms with Crippen LogP contribution in [-0.4, -0.2) is 51.7 Å². The topological polar surface area (TPSA) is 71.6 Å². The van der Waals surface area contributed by atoms with Gasteiger partial charge in [-0.3, -0.25) is 0 Å². The molecule has 0 spiro atoms. The summed E-state index contributed by atoms with van der Waals surface area (Å²) in [4.78, 5) is 6.11. The predicted octanol–water partition coefficient (Wildman–Crippen LogP) is 5.67. The van der Waals surface area contributed by atoms with Gasteiger partial charge in [0.2, 0.25) is 0 Å². The molecule has 6 rings (SSSR count). The smallest absolute Gasteiger partial charge is 0.175 e. The fourth-order valence-corrected chi connectivity index (χ4v) is 6.79. The van der Waals surface area contributed by atoms with Crippen molar-refractivity contribution in [2.45, 2.75) is 36.3 Å². The van der Waals surface area contributed by atoms with Gasteiger partial charge in [0, 0.05) is 58.9 Å².